The molecule has 0 aliphatic rings. The van der Waals surface area contributed by atoms with Gasteiger partial charge in [0.1, 0.15) is 0 Å². The first-order chi connectivity index (χ1) is 4.13. The average Bonchev–Trinajstić information content (AvgIpc) is 1.63. The van der Waals surface area contributed by atoms with Crippen LogP contribution in [0.1, 0.15) is 0 Å². The molecule has 0 aliphatic heterocycles. The van der Waals surface area contributed by atoms with E-state index in [9.17, 15) is 0 Å². The average molecular weight is 131 g/mol. The van der Waals surface area contributed by atoms with Gasteiger partial charge in [0.2, 0.25) is 0 Å². The van der Waals surface area contributed by atoms with Gasteiger partial charge in [-0.2, -0.15) is 0 Å². The fourth-order valence-electron chi connectivity index (χ4n) is 0.191. The van der Waals surface area contributed by atoms with Gasteiger partial charge in [-0.15, -0.1) is 0 Å². The van der Waals surface area contributed by atoms with Gasteiger partial charge < -0.3 is 9.51 Å². The molecular formula is C4H12BN2O2. The van der Waals surface area contributed by atoms with E-state index in [1.54, 1.807) is 28.2 Å². The van der Waals surface area contributed by atoms with Gasteiger partial charge in [-0.25, -0.2) is 10.1 Å². The van der Waals surface area contributed by atoms with Crippen molar-refractivity contribution in [3.05, 3.63) is 0 Å². The monoisotopic (exact) mass is 131 g/mol. The van der Waals surface area contributed by atoms with Crippen LogP contribution in [0.15, 0.2) is 0 Å². The van der Waals surface area contributed by atoms with Gasteiger partial charge in [0.05, 0.1) is 0 Å². The summed E-state index contributed by atoms with van der Waals surface area (Å²) in [6, 6.07) is 0. The van der Waals surface area contributed by atoms with Crippen LogP contribution < -0.4 is 0 Å². The fraction of sp³-hybridized carbons (Fsp3) is 1.00. The van der Waals surface area contributed by atoms with Crippen LogP contribution in [0.2, 0.25) is 0 Å². The van der Waals surface area contributed by atoms with Crippen molar-refractivity contribution in [3.63, 3.8) is 0 Å². The summed E-state index contributed by atoms with van der Waals surface area (Å²) in [7, 11) is 8.34. The van der Waals surface area contributed by atoms with Crippen molar-refractivity contribution in [1.29, 1.82) is 0 Å². The molecule has 53 valence electrons. The zero-order valence-electron chi connectivity index (χ0n) is 6.29. The van der Waals surface area contributed by atoms with Gasteiger partial charge in [-0.1, -0.05) is 0 Å². The van der Waals surface area contributed by atoms with Gasteiger partial charge >= 0.3 is 7.69 Å². The van der Waals surface area contributed by atoms with Crippen molar-refractivity contribution < 1.29 is 9.51 Å². The van der Waals surface area contributed by atoms with E-state index in [4.69, 9.17) is 9.51 Å². The van der Waals surface area contributed by atoms with E-state index in [0.29, 0.717) is 0 Å². The maximum absolute atomic E-state index is 4.80. The highest BCUT2D eigenvalue weighted by atomic mass is 16.8. The van der Waals surface area contributed by atoms with Crippen molar-refractivity contribution >= 4 is 7.69 Å². The quantitative estimate of drug-likeness (QED) is 0.379. The molecule has 0 aliphatic carbocycles. The van der Waals surface area contributed by atoms with E-state index in [1.165, 1.54) is 17.8 Å². The second kappa shape index (κ2) is 4.75. The Labute approximate surface area is 56.5 Å². The molecule has 0 bridgehead atoms. The van der Waals surface area contributed by atoms with E-state index >= 15 is 0 Å². The summed E-state index contributed by atoms with van der Waals surface area (Å²) in [6.07, 6.45) is 0. The Morgan fingerprint density at radius 2 is 1.22 bits per heavy atom. The van der Waals surface area contributed by atoms with Crippen LogP contribution in [0.25, 0.3) is 0 Å². The van der Waals surface area contributed by atoms with Crippen molar-refractivity contribution in [2.24, 2.45) is 0 Å². The van der Waals surface area contributed by atoms with Crippen molar-refractivity contribution in [3.8, 4) is 0 Å². The first-order valence-corrected chi connectivity index (χ1v) is 2.63. The minimum absolute atomic E-state index is 1.25. The molecule has 1 radical (unpaired) electrons. The number of rotatable bonds is 4. The van der Waals surface area contributed by atoms with Gasteiger partial charge in [0, 0.05) is 28.2 Å². The molecule has 0 heterocycles. The minimum atomic E-state index is 1.25. The Balaban J connectivity index is 2.91. The lowest BCUT2D eigenvalue weighted by Crippen LogP contribution is -2.23. The summed E-state index contributed by atoms with van der Waals surface area (Å²) in [6.45, 7) is 0. The lowest BCUT2D eigenvalue weighted by atomic mass is 10.4. The standard InChI is InChI=1S/C4H12BN2O2/c1-6(2)8-5-9-7(3)4/h1-4H3. The van der Waals surface area contributed by atoms with Gasteiger partial charge in [0.15, 0.2) is 0 Å². The van der Waals surface area contributed by atoms with Crippen molar-refractivity contribution in [2.45, 2.75) is 0 Å². The van der Waals surface area contributed by atoms with Crippen LogP contribution in [0.5, 0.6) is 0 Å². The molecule has 0 unspecified atom stereocenters. The number of hydrogen-bond donors (Lipinski definition) is 0. The predicted octanol–water partition coefficient (Wildman–Crippen LogP) is -0.493. The first-order valence-electron chi connectivity index (χ1n) is 2.63. The van der Waals surface area contributed by atoms with Crippen molar-refractivity contribution in [2.75, 3.05) is 28.2 Å². The van der Waals surface area contributed by atoms with E-state index in [2.05, 4.69) is 0 Å². The SMILES string of the molecule is CN(C)O[B]ON(C)C. The normalized spacial score (nSPS) is 10.9. The molecule has 0 saturated carbocycles. The maximum atomic E-state index is 4.80. The van der Waals surface area contributed by atoms with Gasteiger partial charge in [-0.3, -0.25) is 0 Å². The van der Waals surface area contributed by atoms with Crippen LogP contribution in [0.3, 0.4) is 0 Å². The van der Waals surface area contributed by atoms with Crippen LogP contribution in [0.4, 0.5) is 0 Å². The number of nitrogens with zero attached hydrogens (tertiary/aromatic N) is 2. The molecule has 0 aromatic rings. The van der Waals surface area contributed by atoms with Crippen LogP contribution in [0, 0.1) is 0 Å². The highest BCUT2D eigenvalue weighted by Gasteiger charge is 1.96. The van der Waals surface area contributed by atoms with Crippen LogP contribution in [-0.2, 0) is 9.51 Å². The number of hydrogen-bond acceptors (Lipinski definition) is 4. The minimum Gasteiger partial charge on any atom is -0.325 e. The molecule has 0 spiro atoms. The largest absolute Gasteiger partial charge is 0.525 e. The molecule has 0 fully saturated rings. The summed E-state index contributed by atoms with van der Waals surface area (Å²) < 4.78 is 9.59. The predicted molar refractivity (Wildman–Crippen MR) is 35.3 cm³/mol. The van der Waals surface area contributed by atoms with Crippen LogP contribution in [-0.4, -0.2) is 46.0 Å². The molecule has 9 heavy (non-hydrogen) atoms. The Morgan fingerprint density at radius 3 is 1.44 bits per heavy atom. The molecular weight excluding hydrogens is 119 g/mol. The Bertz CT molecular complexity index is 61.6. The highest BCUT2D eigenvalue weighted by molar-refractivity contribution is 6.17. The second-order valence-electron chi connectivity index (χ2n) is 1.93. The fourth-order valence-corrected chi connectivity index (χ4v) is 0.191. The molecule has 0 aromatic carbocycles. The third-order valence-electron chi connectivity index (χ3n) is 0.508. The second-order valence-corrected chi connectivity index (χ2v) is 1.93. The molecule has 0 rings (SSSR count). The topological polar surface area (TPSA) is 24.9 Å². The molecule has 0 atom stereocenters. The van der Waals surface area contributed by atoms with Gasteiger partial charge in [-0.05, 0) is 0 Å². The summed E-state index contributed by atoms with van der Waals surface area (Å²) in [5.74, 6) is 0. The lowest BCUT2D eigenvalue weighted by Gasteiger charge is -2.12. The molecule has 5 heteroatoms. The molecule has 4 nitrogen and oxygen atoms in total. The zero-order chi connectivity index (χ0) is 7.28. The first kappa shape index (κ1) is 8.90. The lowest BCUT2D eigenvalue weighted by molar-refractivity contribution is -0.0801. The number of hydroxylamine groups is 4. The summed E-state index contributed by atoms with van der Waals surface area (Å²) >= 11 is 0. The molecule has 0 saturated heterocycles. The highest BCUT2D eigenvalue weighted by Crippen LogP contribution is 1.78. The third-order valence-corrected chi connectivity index (χ3v) is 0.508. The summed E-state index contributed by atoms with van der Waals surface area (Å²) in [4.78, 5) is 0. The van der Waals surface area contributed by atoms with E-state index in [1.807, 2.05) is 0 Å². The smallest absolute Gasteiger partial charge is 0.325 e. The third kappa shape index (κ3) is 7.90. The van der Waals surface area contributed by atoms with Gasteiger partial charge in [0.25, 0.3) is 0 Å². The van der Waals surface area contributed by atoms with E-state index < -0.39 is 0 Å². The Morgan fingerprint density at radius 1 is 0.889 bits per heavy atom. The van der Waals surface area contributed by atoms with Crippen molar-refractivity contribution in [1.82, 2.24) is 10.1 Å². The summed E-state index contributed by atoms with van der Waals surface area (Å²) in [5, 5.41) is 3.06. The Kier molecular flexibility index (Phi) is 4.70. The zero-order valence-corrected chi connectivity index (χ0v) is 6.29. The molecule has 0 N–H and O–H groups in total. The maximum Gasteiger partial charge on any atom is 0.525 e. The molecule has 0 aromatic heterocycles. The molecule has 0 amide bonds. The summed E-state index contributed by atoms with van der Waals surface area (Å²) in [5.41, 5.74) is 0. The Hall–Kier alpha value is -0.0951. The van der Waals surface area contributed by atoms with E-state index in [0.717, 1.165) is 0 Å². The van der Waals surface area contributed by atoms with Crippen LogP contribution >= 0.6 is 0 Å². The van der Waals surface area contributed by atoms with E-state index in [-0.39, 0.29) is 0 Å².